The fraction of sp³-hybridized carbons (Fsp3) is 0.235. The zero-order chi connectivity index (χ0) is 15.1. The van der Waals surface area contributed by atoms with Gasteiger partial charge in [-0.25, -0.2) is 0 Å². The molecule has 4 nitrogen and oxygen atoms in total. The van der Waals surface area contributed by atoms with Crippen LogP contribution in [0, 0.1) is 0 Å². The molecule has 4 heteroatoms. The molecule has 2 aromatic rings. The predicted octanol–water partition coefficient (Wildman–Crippen LogP) is 3.24. The zero-order valence-electron chi connectivity index (χ0n) is 12.1. The first-order valence-electron chi connectivity index (χ1n) is 6.96. The van der Waals surface area contributed by atoms with E-state index < -0.39 is 0 Å². The van der Waals surface area contributed by atoms with Gasteiger partial charge in [0.15, 0.2) is 0 Å². The van der Waals surface area contributed by atoms with Gasteiger partial charge in [-0.1, -0.05) is 30.3 Å². The van der Waals surface area contributed by atoms with Gasteiger partial charge in [-0.15, -0.1) is 0 Å². The van der Waals surface area contributed by atoms with Gasteiger partial charge >= 0.3 is 0 Å². The Bertz CT molecular complexity index is 597. The van der Waals surface area contributed by atoms with Crippen molar-refractivity contribution in [2.45, 2.75) is 19.3 Å². The second-order valence-corrected chi connectivity index (χ2v) is 4.84. The van der Waals surface area contributed by atoms with Crippen LogP contribution in [0.15, 0.2) is 48.5 Å². The largest absolute Gasteiger partial charge is 0.497 e. The van der Waals surface area contributed by atoms with Crippen LogP contribution >= 0.6 is 0 Å². The highest BCUT2D eigenvalue weighted by molar-refractivity contribution is 5.93. The summed E-state index contributed by atoms with van der Waals surface area (Å²) in [5.74, 6) is 0.650. The third-order valence-electron chi connectivity index (χ3n) is 3.24. The number of hydrogen-bond donors (Lipinski definition) is 2. The fourth-order valence-electron chi connectivity index (χ4n) is 2.09. The maximum absolute atomic E-state index is 11.9. The van der Waals surface area contributed by atoms with Crippen molar-refractivity contribution in [3.8, 4) is 5.75 Å². The number of ether oxygens (including phenoxy) is 1. The van der Waals surface area contributed by atoms with Gasteiger partial charge < -0.3 is 15.8 Å². The first-order valence-corrected chi connectivity index (χ1v) is 6.96. The number of nitrogen functional groups attached to an aromatic ring is 1. The van der Waals surface area contributed by atoms with E-state index in [1.807, 2.05) is 18.2 Å². The normalized spacial score (nSPS) is 10.1. The number of benzene rings is 2. The standard InChI is InChI=1S/C17H20N2O2/c1-21-14-10-11-16(15(18)12-14)19-17(20)9-5-8-13-6-3-2-4-7-13/h2-4,6-7,10-12H,5,8-9,18H2,1H3,(H,19,20). The van der Waals surface area contributed by atoms with E-state index in [4.69, 9.17) is 10.5 Å². The summed E-state index contributed by atoms with van der Waals surface area (Å²) in [6.07, 6.45) is 2.18. The van der Waals surface area contributed by atoms with Gasteiger partial charge in [-0.05, 0) is 30.5 Å². The number of methoxy groups -OCH3 is 1. The molecular formula is C17H20N2O2. The number of aryl methyl sites for hydroxylation is 1. The summed E-state index contributed by atoms with van der Waals surface area (Å²) in [5, 5.41) is 2.83. The van der Waals surface area contributed by atoms with Crippen molar-refractivity contribution >= 4 is 17.3 Å². The Hall–Kier alpha value is -2.49. The molecule has 0 unspecified atom stereocenters. The average Bonchev–Trinajstić information content (AvgIpc) is 2.50. The molecule has 3 N–H and O–H groups in total. The summed E-state index contributed by atoms with van der Waals surface area (Å²) < 4.78 is 5.08. The van der Waals surface area contributed by atoms with Gasteiger partial charge in [0.25, 0.3) is 0 Å². The number of amides is 1. The van der Waals surface area contributed by atoms with Crippen LogP contribution < -0.4 is 15.8 Å². The van der Waals surface area contributed by atoms with Crippen molar-refractivity contribution in [1.82, 2.24) is 0 Å². The van der Waals surface area contributed by atoms with E-state index in [0.29, 0.717) is 23.5 Å². The Morgan fingerprint density at radius 3 is 2.62 bits per heavy atom. The molecule has 0 saturated heterocycles. The summed E-state index contributed by atoms with van der Waals surface area (Å²) in [6.45, 7) is 0. The molecule has 0 aliphatic rings. The van der Waals surface area contributed by atoms with Crippen LogP contribution in [-0.4, -0.2) is 13.0 Å². The predicted molar refractivity (Wildman–Crippen MR) is 85.4 cm³/mol. The third-order valence-corrected chi connectivity index (χ3v) is 3.24. The van der Waals surface area contributed by atoms with Crippen molar-refractivity contribution in [1.29, 1.82) is 0 Å². The monoisotopic (exact) mass is 284 g/mol. The molecular weight excluding hydrogens is 264 g/mol. The minimum absolute atomic E-state index is 0.0252. The molecule has 0 spiro atoms. The topological polar surface area (TPSA) is 64.3 Å². The van der Waals surface area contributed by atoms with Gasteiger partial charge in [0.2, 0.25) is 5.91 Å². The van der Waals surface area contributed by atoms with Crippen LogP contribution in [0.1, 0.15) is 18.4 Å². The van der Waals surface area contributed by atoms with Crippen LogP contribution in [0.3, 0.4) is 0 Å². The van der Waals surface area contributed by atoms with Gasteiger partial charge in [0.05, 0.1) is 18.5 Å². The Kier molecular flexibility index (Phi) is 5.21. The third kappa shape index (κ3) is 4.53. The molecule has 0 bridgehead atoms. The second kappa shape index (κ2) is 7.33. The minimum atomic E-state index is -0.0252. The summed E-state index contributed by atoms with van der Waals surface area (Å²) in [6, 6.07) is 15.4. The second-order valence-electron chi connectivity index (χ2n) is 4.84. The van der Waals surface area contributed by atoms with Crippen molar-refractivity contribution in [2.75, 3.05) is 18.2 Å². The first kappa shape index (κ1) is 14.9. The molecule has 0 aliphatic carbocycles. The van der Waals surface area contributed by atoms with Crippen LogP contribution in [0.2, 0.25) is 0 Å². The van der Waals surface area contributed by atoms with Crippen molar-refractivity contribution in [3.63, 3.8) is 0 Å². The Morgan fingerprint density at radius 1 is 1.19 bits per heavy atom. The summed E-state index contributed by atoms with van der Waals surface area (Å²) in [4.78, 5) is 11.9. The highest BCUT2D eigenvalue weighted by Crippen LogP contribution is 2.24. The molecule has 0 atom stereocenters. The van der Waals surface area contributed by atoms with E-state index in [-0.39, 0.29) is 5.91 Å². The Balaban J connectivity index is 1.82. The molecule has 21 heavy (non-hydrogen) atoms. The smallest absolute Gasteiger partial charge is 0.224 e. The maximum atomic E-state index is 11.9. The summed E-state index contributed by atoms with van der Waals surface area (Å²) in [7, 11) is 1.58. The summed E-state index contributed by atoms with van der Waals surface area (Å²) >= 11 is 0. The molecule has 0 radical (unpaired) electrons. The highest BCUT2D eigenvalue weighted by Gasteiger charge is 2.06. The first-order chi connectivity index (χ1) is 10.2. The van der Waals surface area contributed by atoms with E-state index in [1.165, 1.54) is 5.56 Å². The molecule has 0 saturated carbocycles. The lowest BCUT2D eigenvalue weighted by molar-refractivity contribution is -0.116. The van der Waals surface area contributed by atoms with Crippen molar-refractivity contribution in [2.24, 2.45) is 0 Å². The maximum Gasteiger partial charge on any atom is 0.224 e. The molecule has 0 fully saturated rings. The number of anilines is 2. The van der Waals surface area contributed by atoms with Crippen LogP contribution in [0.25, 0.3) is 0 Å². The lowest BCUT2D eigenvalue weighted by atomic mass is 10.1. The van der Waals surface area contributed by atoms with Crippen LogP contribution in [0.5, 0.6) is 5.75 Å². The zero-order valence-corrected chi connectivity index (χ0v) is 12.1. The Labute approximate surface area is 124 Å². The number of carbonyl (C=O) groups excluding carboxylic acids is 1. The quantitative estimate of drug-likeness (QED) is 0.800. The van der Waals surface area contributed by atoms with Gasteiger partial charge in [0.1, 0.15) is 5.75 Å². The molecule has 2 rings (SSSR count). The molecule has 0 aliphatic heterocycles. The molecule has 0 aromatic heterocycles. The Morgan fingerprint density at radius 2 is 1.95 bits per heavy atom. The highest BCUT2D eigenvalue weighted by atomic mass is 16.5. The molecule has 0 heterocycles. The summed E-state index contributed by atoms with van der Waals surface area (Å²) in [5.41, 5.74) is 8.25. The lowest BCUT2D eigenvalue weighted by Crippen LogP contribution is -2.12. The van der Waals surface area contributed by atoms with Gasteiger partial charge in [-0.3, -0.25) is 4.79 Å². The number of nitrogens with two attached hydrogens (primary N) is 1. The van der Waals surface area contributed by atoms with Crippen molar-refractivity contribution < 1.29 is 9.53 Å². The number of nitrogens with one attached hydrogen (secondary N) is 1. The van der Waals surface area contributed by atoms with Gasteiger partial charge in [0, 0.05) is 12.5 Å². The lowest BCUT2D eigenvalue weighted by Gasteiger charge is -2.09. The SMILES string of the molecule is COc1ccc(NC(=O)CCCc2ccccc2)c(N)c1. The van der Waals surface area contributed by atoms with Crippen LogP contribution in [-0.2, 0) is 11.2 Å². The number of rotatable bonds is 6. The van der Waals surface area contributed by atoms with Crippen LogP contribution in [0.4, 0.5) is 11.4 Å². The molecule has 2 aromatic carbocycles. The van der Waals surface area contributed by atoms with Crippen molar-refractivity contribution in [3.05, 3.63) is 54.1 Å². The minimum Gasteiger partial charge on any atom is -0.497 e. The van der Waals surface area contributed by atoms with Gasteiger partial charge in [-0.2, -0.15) is 0 Å². The molecule has 110 valence electrons. The van der Waals surface area contributed by atoms with E-state index in [9.17, 15) is 4.79 Å². The number of hydrogen-bond acceptors (Lipinski definition) is 3. The van der Waals surface area contributed by atoms with E-state index in [1.54, 1.807) is 25.3 Å². The van der Waals surface area contributed by atoms with E-state index in [0.717, 1.165) is 12.8 Å². The molecule has 1 amide bonds. The van der Waals surface area contributed by atoms with E-state index in [2.05, 4.69) is 17.4 Å². The fourth-order valence-corrected chi connectivity index (χ4v) is 2.09. The van der Waals surface area contributed by atoms with E-state index >= 15 is 0 Å². The average molecular weight is 284 g/mol. The number of carbonyl (C=O) groups is 1.